The molecular formula is C28H18IrN-. The summed E-state index contributed by atoms with van der Waals surface area (Å²) in [4.78, 5) is 5.02. The molecule has 4 aromatic carbocycles. The number of fused-ring (bicyclic) bond motifs is 3. The molecule has 1 heterocycles. The van der Waals surface area contributed by atoms with E-state index < -0.39 is 0 Å². The number of aromatic nitrogens is 1. The molecule has 0 atom stereocenters. The van der Waals surface area contributed by atoms with Crippen LogP contribution >= 0.6 is 0 Å². The van der Waals surface area contributed by atoms with Crippen LogP contribution in [0.4, 0.5) is 0 Å². The molecule has 0 bridgehead atoms. The first-order valence-corrected chi connectivity index (χ1v) is 9.91. The van der Waals surface area contributed by atoms with E-state index in [1.54, 1.807) is 0 Å². The molecule has 2 heteroatoms. The largest absolute Gasteiger partial charge is 0.296 e. The molecule has 0 saturated carbocycles. The van der Waals surface area contributed by atoms with E-state index >= 15 is 0 Å². The Morgan fingerprint density at radius 3 is 2.17 bits per heavy atom. The summed E-state index contributed by atoms with van der Waals surface area (Å²) in [5.74, 6) is 0. The smallest absolute Gasteiger partial charge is 0.0607 e. The van der Waals surface area contributed by atoms with E-state index in [0.717, 1.165) is 16.8 Å². The van der Waals surface area contributed by atoms with E-state index in [1.165, 1.54) is 44.3 Å². The summed E-state index contributed by atoms with van der Waals surface area (Å²) >= 11 is 0. The van der Waals surface area contributed by atoms with Gasteiger partial charge in [0.25, 0.3) is 0 Å². The van der Waals surface area contributed by atoms with Gasteiger partial charge in [0.05, 0.1) is 5.52 Å². The molecule has 1 radical (unpaired) electrons. The average Bonchev–Trinajstić information content (AvgIpc) is 3.10. The molecule has 145 valence electrons. The molecule has 0 saturated heterocycles. The van der Waals surface area contributed by atoms with Crippen LogP contribution < -0.4 is 0 Å². The Kier molecular flexibility index (Phi) is 4.62. The number of aryl methyl sites for hydroxylation is 1. The second kappa shape index (κ2) is 7.32. The van der Waals surface area contributed by atoms with Gasteiger partial charge in [-0.2, -0.15) is 0 Å². The van der Waals surface area contributed by atoms with Crippen molar-refractivity contribution >= 4 is 10.9 Å². The number of benzene rings is 4. The first kappa shape index (κ1) is 18.9. The van der Waals surface area contributed by atoms with Crippen LogP contribution in [0.1, 0.15) is 5.56 Å². The van der Waals surface area contributed by atoms with Crippen LogP contribution in [0.3, 0.4) is 0 Å². The van der Waals surface area contributed by atoms with Crippen molar-refractivity contribution in [3.05, 3.63) is 103 Å². The van der Waals surface area contributed by atoms with Crippen molar-refractivity contribution in [1.82, 2.24) is 4.98 Å². The number of pyridine rings is 1. The Bertz CT molecular complexity index is 1420. The van der Waals surface area contributed by atoms with Crippen LogP contribution in [0.15, 0.2) is 91.0 Å². The number of rotatable bonds is 2. The van der Waals surface area contributed by atoms with E-state index in [-0.39, 0.29) is 20.1 Å². The fourth-order valence-corrected chi connectivity index (χ4v) is 4.49. The molecule has 0 aliphatic heterocycles. The minimum Gasteiger partial charge on any atom is -0.296 e. The Labute approximate surface area is 189 Å². The quantitative estimate of drug-likeness (QED) is 0.202. The molecule has 0 N–H and O–H groups in total. The third-order valence-corrected chi connectivity index (χ3v) is 5.87. The summed E-state index contributed by atoms with van der Waals surface area (Å²) in [5, 5.41) is 1.26. The molecule has 1 nitrogen and oxygen atoms in total. The molecular weight excluding hydrogens is 543 g/mol. The number of hydrogen-bond acceptors (Lipinski definition) is 1. The number of hydrogen-bond donors (Lipinski definition) is 0. The van der Waals surface area contributed by atoms with Gasteiger partial charge in [0.1, 0.15) is 0 Å². The molecule has 5 aromatic rings. The maximum atomic E-state index is 5.02. The topological polar surface area (TPSA) is 12.9 Å². The molecule has 0 spiro atoms. The van der Waals surface area contributed by atoms with Crippen molar-refractivity contribution in [2.24, 2.45) is 0 Å². The van der Waals surface area contributed by atoms with Crippen molar-refractivity contribution in [2.75, 3.05) is 0 Å². The maximum absolute atomic E-state index is 5.02. The van der Waals surface area contributed by atoms with Crippen molar-refractivity contribution in [1.29, 1.82) is 0 Å². The maximum Gasteiger partial charge on any atom is 0.0607 e. The molecule has 1 aliphatic carbocycles. The Morgan fingerprint density at radius 2 is 1.37 bits per heavy atom. The fourth-order valence-electron chi connectivity index (χ4n) is 4.49. The minimum absolute atomic E-state index is 0. The van der Waals surface area contributed by atoms with Gasteiger partial charge in [-0.25, -0.2) is 0 Å². The van der Waals surface area contributed by atoms with Gasteiger partial charge >= 0.3 is 0 Å². The molecule has 1 aliphatic rings. The van der Waals surface area contributed by atoms with Crippen LogP contribution in [0, 0.1) is 13.0 Å². The van der Waals surface area contributed by atoms with Gasteiger partial charge in [-0.05, 0) is 52.1 Å². The Hall–Kier alpha value is -3.06. The van der Waals surface area contributed by atoms with Gasteiger partial charge in [-0.15, -0.1) is 35.4 Å². The van der Waals surface area contributed by atoms with E-state index in [0.29, 0.717) is 0 Å². The predicted octanol–water partition coefficient (Wildman–Crippen LogP) is 7.32. The molecule has 0 fully saturated rings. The summed E-state index contributed by atoms with van der Waals surface area (Å²) in [6, 6.07) is 35.5. The minimum atomic E-state index is 0. The van der Waals surface area contributed by atoms with Gasteiger partial charge in [0, 0.05) is 25.5 Å². The normalized spacial score (nSPS) is 11.2. The molecule has 0 unspecified atom stereocenters. The van der Waals surface area contributed by atoms with Gasteiger partial charge in [-0.1, -0.05) is 66.7 Å². The van der Waals surface area contributed by atoms with E-state index in [1.807, 2.05) is 6.07 Å². The zero-order valence-electron chi connectivity index (χ0n) is 16.4. The third-order valence-electron chi connectivity index (χ3n) is 5.87. The zero-order chi connectivity index (χ0) is 19.4. The van der Waals surface area contributed by atoms with Crippen molar-refractivity contribution in [3.8, 4) is 44.6 Å². The van der Waals surface area contributed by atoms with Crippen LogP contribution in [-0.2, 0) is 20.1 Å². The summed E-state index contributed by atoms with van der Waals surface area (Å²) in [5.41, 5.74) is 11.9. The monoisotopic (exact) mass is 561 g/mol. The average molecular weight is 561 g/mol. The molecule has 6 rings (SSSR count). The van der Waals surface area contributed by atoms with Crippen LogP contribution in [0.2, 0.25) is 0 Å². The Morgan fingerprint density at radius 1 is 0.667 bits per heavy atom. The van der Waals surface area contributed by atoms with Gasteiger partial charge in [0.15, 0.2) is 0 Å². The molecule has 1 aromatic heterocycles. The second-order valence-corrected chi connectivity index (χ2v) is 7.61. The fraction of sp³-hybridized carbons (Fsp3) is 0.0357. The predicted molar refractivity (Wildman–Crippen MR) is 121 cm³/mol. The standard InChI is InChI=1S/C28H18N.Ir/c1-18-8-2-3-11-21(18)19-9-6-10-20(16-19)27-17-25-23-13-5-4-12-22(23)24-14-7-15-26(29-27)28(24)25;/h2-9,11-17H,1H3;/q-1;. The van der Waals surface area contributed by atoms with Crippen molar-refractivity contribution in [3.63, 3.8) is 0 Å². The van der Waals surface area contributed by atoms with E-state index in [2.05, 4.69) is 97.9 Å². The summed E-state index contributed by atoms with van der Waals surface area (Å²) in [6.07, 6.45) is 0. The zero-order valence-corrected chi connectivity index (χ0v) is 18.8. The van der Waals surface area contributed by atoms with Crippen LogP contribution in [0.5, 0.6) is 0 Å². The van der Waals surface area contributed by atoms with E-state index in [9.17, 15) is 0 Å². The third kappa shape index (κ3) is 2.84. The van der Waals surface area contributed by atoms with Crippen LogP contribution in [-0.4, -0.2) is 4.98 Å². The summed E-state index contributed by atoms with van der Waals surface area (Å²) in [6.45, 7) is 2.15. The van der Waals surface area contributed by atoms with Gasteiger partial charge < -0.3 is 0 Å². The van der Waals surface area contributed by atoms with Crippen molar-refractivity contribution in [2.45, 2.75) is 6.92 Å². The van der Waals surface area contributed by atoms with Gasteiger partial charge in [0.2, 0.25) is 0 Å². The first-order valence-electron chi connectivity index (χ1n) is 9.91. The molecule has 30 heavy (non-hydrogen) atoms. The van der Waals surface area contributed by atoms with Crippen molar-refractivity contribution < 1.29 is 20.1 Å². The Balaban J connectivity index is 0.00000193. The summed E-state index contributed by atoms with van der Waals surface area (Å²) in [7, 11) is 0. The van der Waals surface area contributed by atoms with Gasteiger partial charge in [-0.3, -0.25) is 4.98 Å². The summed E-state index contributed by atoms with van der Waals surface area (Å²) < 4.78 is 0. The molecule has 0 amide bonds. The van der Waals surface area contributed by atoms with Crippen LogP contribution in [0.25, 0.3) is 55.5 Å². The SMILES string of the molecule is Cc1ccccc1-c1cc[c-]c(-c2cc3c4c(cccc4n2)-c2ccccc2-3)c1.[Ir]. The van der Waals surface area contributed by atoms with E-state index in [4.69, 9.17) is 4.98 Å². The second-order valence-electron chi connectivity index (χ2n) is 7.61. The first-order chi connectivity index (χ1) is 14.3. The number of nitrogens with zero attached hydrogens (tertiary/aromatic N) is 1.